The van der Waals surface area contributed by atoms with E-state index >= 15 is 0 Å². The van der Waals surface area contributed by atoms with Gasteiger partial charge in [-0.2, -0.15) is 0 Å². The summed E-state index contributed by atoms with van der Waals surface area (Å²) in [5, 5.41) is 7.33. The highest BCUT2D eigenvalue weighted by Crippen LogP contribution is 2.52. The van der Waals surface area contributed by atoms with E-state index in [1.165, 1.54) is 19.1 Å². The average molecular weight is 151 g/mol. The minimum atomic E-state index is 0.0110. The van der Waals surface area contributed by atoms with E-state index in [9.17, 15) is 4.79 Å². The van der Waals surface area contributed by atoms with Crippen LogP contribution in [0.5, 0.6) is 0 Å². The molecule has 2 nitrogen and oxygen atoms in total. The van der Waals surface area contributed by atoms with Gasteiger partial charge < -0.3 is 5.41 Å². The second kappa shape index (κ2) is 2.16. The summed E-state index contributed by atoms with van der Waals surface area (Å²) in [6.45, 7) is 0. The molecule has 2 rings (SSSR count). The summed E-state index contributed by atoms with van der Waals surface area (Å²) in [6, 6.07) is 0. The number of hydrogen-bond donors (Lipinski definition) is 1. The summed E-state index contributed by atoms with van der Waals surface area (Å²) in [5.74, 6) is 1.03. The topological polar surface area (TPSA) is 40.9 Å². The summed E-state index contributed by atoms with van der Waals surface area (Å²) in [4.78, 5) is 11.0. The van der Waals surface area contributed by atoms with Crippen molar-refractivity contribution in [1.29, 1.82) is 5.41 Å². The van der Waals surface area contributed by atoms with Gasteiger partial charge in [-0.3, -0.25) is 4.79 Å². The monoisotopic (exact) mass is 151 g/mol. The molecule has 0 bridgehead atoms. The smallest absolute Gasteiger partial charge is 0.133 e. The van der Waals surface area contributed by atoms with Crippen molar-refractivity contribution in [2.45, 2.75) is 32.1 Å². The maximum atomic E-state index is 11.0. The Hall–Kier alpha value is -0.660. The van der Waals surface area contributed by atoms with Crippen molar-refractivity contribution >= 4 is 12.0 Å². The highest BCUT2D eigenvalue weighted by Gasteiger charge is 2.47. The third-order valence-electron chi connectivity index (χ3n) is 3.07. The molecule has 0 aliphatic heterocycles. The van der Waals surface area contributed by atoms with Gasteiger partial charge in [-0.25, -0.2) is 0 Å². The fraction of sp³-hybridized carbons (Fsp3) is 0.778. The number of hydrogen-bond acceptors (Lipinski definition) is 2. The third-order valence-corrected chi connectivity index (χ3v) is 3.07. The van der Waals surface area contributed by atoms with Gasteiger partial charge in [-0.15, -0.1) is 0 Å². The molecule has 0 aromatic rings. The third kappa shape index (κ3) is 1.01. The molecule has 0 aromatic heterocycles. The number of rotatable bonds is 2. The summed E-state index contributed by atoms with van der Waals surface area (Å²) < 4.78 is 0. The Morgan fingerprint density at radius 3 is 2.64 bits per heavy atom. The Balaban J connectivity index is 2.16. The molecule has 0 spiro atoms. The lowest BCUT2D eigenvalue weighted by molar-refractivity contribution is -0.117. The highest BCUT2D eigenvalue weighted by molar-refractivity contribution is 5.87. The molecule has 2 aliphatic carbocycles. The molecule has 0 radical (unpaired) electrons. The van der Waals surface area contributed by atoms with Crippen molar-refractivity contribution < 1.29 is 4.79 Å². The minimum absolute atomic E-state index is 0.0110. The molecule has 1 atom stereocenters. The van der Waals surface area contributed by atoms with Gasteiger partial charge in [0.25, 0.3) is 0 Å². The Morgan fingerprint density at radius 2 is 2.27 bits per heavy atom. The zero-order valence-corrected chi connectivity index (χ0v) is 6.60. The lowest BCUT2D eigenvalue weighted by Gasteiger charge is -2.21. The van der Waals surface area contributed by atoms with Crippen molar-refractivity contribution in [3.63, 3.8) is 0 Å². The van der Waals surface area contributed by atoms with Gasteiger partial charge in [-0.05, 0) is 25.2 Å². The minimum Gasteiger partial charge on any atom is -0.313 e. The molecule has 60 valence electrons. The van der Waals surface area contributed by atoms with Gasteiger partial charge in [0.05, 0.1) is 0 Å². The molecule has 1 unspecified atom stereocenters. The first kappa shape index (κ1) is 7.01. The van der Waals surface area contributed by atoms with E-state index in [0.717, 1.165) is 6.42 Å². The zero-order valence-electron chi connectivity index (χ0n) is 6.60. The van der Waals surface area contributed by atoms with Crippen LogP contribution in [0, 0.1) is 16.7 Å². The van der Waals surface area contributed by atoms with Crippen molar-refractivity contribution in [2.75, 3.05) is 0 Å². The molecule has 2 fully saturated rings. The van der Waals surface area contributed by atoms with Crippen LogP contribution < -0.4 is 0 Å². The highest BCUT2D eigenvalue weighted by atomic mass is 16.1. The molecule has 0 heterocycles. The Kier molecular flexibility index (Phi) is 1.38. The molecule has 1 N–H and O–H groups in total. The van der Waals surface area contributed by atoms with Gasteiger partial charge in [0.15, 0.2) is 0 Å². The average Bonchev–Trinajstić information content (AvgIpc) is 2.77. The SMILES string of the molecule is N=CC1(C2CC2)CCC(=O)C1. The van der Waals surface area contributed by atoms with Crippen molar-refractivity contribution in [1.82, 2.24) is 0 Å². The first-order valence-corrected chi connectivity index (χ1v) is 4.30. The van der Waals surface area contributed by atoms with E-state index in [-0.39, 0.29) is 5.41 Å². The Morgan fingerprint density at radius 1 is 1.55 bits per heavy atom. The summed E-state index contributed by atoms with van der Waals surface area (Å²) in [5.41, 5.74) is 0.0110. The molecular formula is C9H13NO. The molecule has 0 saturated heterocycles. The van der Waals surface area contributed by atoms with Crippen LogP contribution in [0.2, 0.25) is 0 Å². The predicted molar refractivity (Wildman–Crippen MR) is 42.8 cm³/mol. The lowest BCUT2D eigenvalue weighted by Crippen LogP contribution is -2.21. The maximum absolute atomic E-state index is 11.0. The van der Waals surface area contributed by atoms with E-state index in [0.29, 0.717) is 24.5 Å². The van der Waals surface area contributed by atoms with Crippen LogP contribution in [0.25, 0.3) is 0 Å². The van der Waals surface area contributed by atoms with E-state index in [1.807, 2.05) is 0 Å². The van der Waals surface area contributed by atoms with E-state index in [2.05, 4.69) is 0 Å². The van der Waals surface area contributed by atoms with Crippen molar-refractivity contribution in [3.8, 4) is 0 Å². The number of carbonyl (C=O) groups is 1. The zero-order chi connectivity index (χ0) is 7.90. The second-order valence-corrected chi connectivity index (χ2v) is 3.87. The van der Waals surface area contributed by atoms with Crippen molar-refractivity contribution in [2.24, 2.45) is 11.3 Å². The molecule has 2 heteroatoms. The van der Waals surface area contributed by atoms with Crippen molar-refractivity contribution in [3.05, 3.63) is 0 Å². The van der Waals surface area contributed by atoms with E-state index < -0.39 is 0 Å². The quantitative estimate of drug-likeness (QED) is 0.600. The van der Waals surface area contributed by atoms with Gasteiger partial charge in [0.2, 0.25) is 0 Å². The van der Waals surface area contributed by atoms with Gasteiger partial charge in [0, 0.05) is 24.5 Å². The van der Waals surface area contributed by atoms with E-state index in [4.69, 9.17) is 5.41 Å². The van der Waals surface area contributed by atoms with Crippen LogP contribution in [0.1, 0.15) is 32.1 Å². The lowest BCUT2D eigenvalue weighted by atomic mass is 9.82. The Labute approximate surface area is 66.5 Å². The molecule has 0 aromatic carbocycles. The Bertz CT molecular complexity index is 208. The van der Waals surface area contributed by atoms with Crippen LogP contribution in [-0.2, 0) is 4.79 Å². The predicted octanol–water partition coefficient (Wildman–Crippen LogP) is 1.79. The van der Waals surface area contributed by atoms with Gasteiger partial charge >= 0.3 is 0 Å². The standard InChI is InChI=1S/C9H13NO/c10-6-9(7-1-2-7)4-3-8(11)5-9/h6-7,10H,1-5H2. The number of nitrogens with one attached hydrogen (secondary N) is 1. The number of carbonyl (C=O) groups excluding carboxylic acids is 1. The van der Waals surface area contributed by atoms with Crippen LogP contribution in [-0.4, -0.2) is 12.0 Å². The summed E-state index contributed by atoms with van der Waals surface area (Å²) >= 11 is 0. The van der Waals surface area contributed by atoms with Gasteiger partial charge in [0.1, 0.15) is 5.78 Å². The number of Topliss-reactive ketones (excluding diaryl/α,β-unsaturated/α-hetero) is 1. The maximum Gasteiger partial charge on any atom is 0.133 e. The molecule has 11 heavy (non-hydrogen) atoms. The fourth-order valence-electron chi connectivity index (χ4n) is 2.16. The second-order valence-electron chi connectivity index (χ2n) is 3.87. The molecule has 2 saturated carbocycles. The number of ketones is 1. The summed E-state index contributed by atoms with van der Waals surface area (Å²) in [6.07, 6.45) is 6.33. The van der Waals surface area contributed by atoms with Crippen LogP contribution in [0.3, 0.4) is 0 Å². The van der Waals surface area contributed by atoms with Gasteiger partial charge in [-0.1, -0.05) is 0 Å². The fourth-order valence-corrected chi connectivity index (χ4v) is 2.16. The molecule has 0 amide bonds. The first-order valence-electron chi connectivity index (χ1n) is 4.30. The normalized spacial score (nSPS) is 37.6. The van der Waals surface area contributed by atoms with E-state index in [1.54, 1.807) is 0 Å². The van der Waals surface area contributed by atoms with Crippen LogP contribution >= 0.6 is 0 Å². The first-order chi connectivity index (χ1) is 5.27. The summed E-state index contributed by atoms with van der Waals surface area (Å²) in [7, 11) is 0. The largest absolute Gasteiger partial charge is 0.313 e. The molecular weight excluding hydrogens is 138 g/mol. The van der Waals surface area contributed by atoms with Crippen LogP contribution in [0.15, 0.2) is 0 Å². The van der Waals surface area contributed by atoms with Crippen LogP contribution in [0.4, 0.5) is 0 Å². The molecule has 2 aliphatic rings.